The number of piperidine rings is 1. The summed E-state index contributed by atoms with van der Waals surface area (Å²) in [7, 11) is 0. The summed E-state index contributed by atoms with van der Waals surface area (Å²) in [6.45, 7) is 1.79. The van der Waals surface area contributed by atoms with E-state index < -0.39 is 17.1 Å². The molecule has 31 heavy (non-hydrogen) atoms. The summed E-state index contributed by atoms with van der Waals surface area (Å²) in [6, 6.07) is 14.7. The number of nitrogens with zero attached hydrogens (tertiary/aromatic N) is 2. The van der Waals surface area contributed by atoms with Gasteiger partial charge in [0.25, 0.3) is 11.1 Å². The molecule has 0 unspecified atom stereocenters. The smallest absolute Gasteiger partial charge is 0.294 e. The fraction of sp³-hybridized carbons (Fsp3) is 0.261. The first-order valence-corrected chi connectivity index (χ1v) is 11.3. The van der Waals surface area contributed by atoms with Crippen LogP contribution in [0.4, 0.5) is 16.2 Å². The van der Waals surface area contributed by atoms with E-state index in [-0.39, 0.29) is 6.54 Å². The van der Waals surface area contributed by atoms with E-state index in [2.05, 4.69) is 10.2 Å². The van der Waals surface area contributed by atoms with Gasteiger partial charge in [-0.15, -0.1) is 0 Å². The van der Waals surface area contributed by atoms with Gasteiger partial charge in [0.05, 0.1) is 4.91 Å². The van der Waals surface area contributed by atoms with E-state index >= 15 is 0 Å². The highest BCUT2D eigenvalue weighted by Gasteiger charge is 2.36. The maximum absolute atomic E-state index is 12.7. The van der Waals surface area contributed by atoms with Crippen LogP contribution in [0, 0.1) is 0 Å². The molecule has 2 heterocycles. The molecular weight excluding hydrogens is 434 g/mol. The third-order valence-electron chi connectivity index (χ3n) is 5.20. The zero-order valence-electron chi connectivity index (χ0n) is 16.8. The Labute approximate surface area is 190 Å². The van der Waals surface area contributed by atoms with Crippen molar-refractivity contribution in [2.75, 3.05) is 29.9 Å². The van der Waals surface area contributed by atoms with E-state index in [1.165, 1.54) is 24.9 Å². The number of rotatable bonds is 5. The molecule has 2 aromatic carbocycles. The molecule has 2 aliphatic heterocycles. The lowest BCUT2D eigenvalue weighted by Gasteiger charge is -2.28. The van der Waals surface area contributed by atoms with Crippen LogP contribution in [-0.4, -0.2) is 41.6 Å². The predicted molar refractivity (Wildman–Crippen MR) is 125 cm³/mol. The van der Waals surface area contributed by atoms with Crippen LogP contribution < -0.4 is 10.2 Å². The quantitative estimate of drug-likeness (QED) is 0.642. The molecule has 0 aromatic heterocycles. The predicted octanol–water partition coefficient (Wildman–Crippen LogP) is 5.01. The van der Waals surface area contributed by atoms with Gasteiger partial charge in [-0.3, -0.25) is 19.3 Å². The van der Waals surface area contributed by atoms with Gasteiger partial charge >= 0.3 is 0 Å². The molecule has 0 spiro atoms. The topological polar surface area (TPSA) is 69.7 Å². The average molecular weight is 456 g/mol. The third kappa shape index (κ3) is 5.29. The molecule has 2 saturated heterocycles. The van der Waals surface area contributed by atoms with Crippen LogP contribution in [-0.2, 0) is 9.59 Å². The highest BCUT2D eigenvalue weighted by atomic mass is 35.5. The van der Waals surface area contributed by atoms with Gasteiger partial charge in [-0.2, -0.15) is 0 Å². The second-order valence-corrected chi connectivity index (χ2v) is 8.90. The maximum atomic E-state index is 12.7. The maximum Gasteiger partial charge on any atom is 0.294 e. The molecule has 0 bridgehead atoms. The number of anilines is 2. The second-order valence-electron chi connectivity index (χ2n) is 7.47. The molecule has 2 aromatic rings. The minimum Gasteiger partial charge on any atom is -0.372 e. The fourth-order valence-electron chi connectivity index (χ4n) is 3.63. The van der Waals surface area contributed by atoms with Gasteiger partial charge in [-0.25, -0.2) is 0 Å². The lowest BCUT2D eigenvalue weighted by molar-refractivity contribution is -0.127. The Hall–Kier alpha value is -2.77. The molecule has 160 valence electrons. The SMILES string of the molecule is O=C(CN1C(=O)S/C(=C\c2ccc(N3CCCCC3)cc2)C1=O)Nc1cccc(Cl)c1. The van der Waals surface area contributed by atoms with Crippen molar-refractivity contribution in [2.24, 2.45) is 0 Å². The van der Waals surface area contributed by atoms with Gasteiger partial charge < -0.3 is 10.2 Å². The minimum absolute atomic E-state index is 0.311. The molecule has 8 heteroatoms. The number of carbonyl (C=O) groups excluding carboxylic acids is 3. The van der Waals surface area contributed by atoms with Crippen LogP contribution >= 0.6 is 23.4 Å². The molecule has 2 fully saturated rings. The van der Waals surface area contributed by atoms with Gasteiger partial charge in [0.15, 0.2) is 0 Å². The molecule has 0 atom stereocenters. The normalized spacial score (nSPS) is 18.0. The molecule has 0 aliphatic carbocycles. The number of benzene rings is 2. The molecule has 4 rings (SSSR count). The van der Waals surface area contributed by atoms with E-state index in [1.807, 2.05) is 24.3 Å². The van der Waals surface area contributed by atoms with Crippen LogP contribution in [0.5, 0.6) is 0 Å². The third-order valence-corrected chi connectivity index (χ3v) is 6.34. The molecule has 2 aliphatic rings. The van der Waals surface area contributed by atoms with E-state index in [1.54, 1.807) is 30.3 Å². The number of imide groups is 1. The number of hydrogen-bond acceptors (Lipinski definition) is 5. The number of hydrogen-bond donors (Lipinski definition) is 1. The van der Waals surface area contributed by atoms with Crippen molar-refractivity contribution in [2.45, 2.75) is 19.3 Å². The zero-order valence-corrected chi connectivity index (χ0v) is 18.4. The van der Waals surface area contributed by atoms with Crippen LogP contribution in [0.15, 0.2) is 53.4 Å². The first kappa shape index (κ1) is 21.5. The zero-order chi connectivity index (χ0) is 21.8. The van der Waals surface area contributed by atoms with Crippen molar-refractivity contribution in [1.29, 1.82) is 0 Å². The summed E-state index contributed by atoms with van der Waals surface area (Å²) in [6.07, 6.45) is 5.39. The Morgan fingerprint density at radius 2 is 1.81 bits per heavy atom. The van der Waals surface area contributed by atoms with Gasteiger partial charge in [0.2, 0.25) is 5.91 Å². The van der Waals surface area contributed by atoms with Crippen LogP contribution in [0.2, 0.25) is 5.02 Å². The van der Waals surface area contributed by atoms with Crippen LogP contribution in [0.3, 0.4) is 0 Å². The van der Waals surface area contributed by atoms with E-state index in [0.717, 1.165) is 35.3 Å². The lowest BCUT2D eigenvalue weighted by Crippen LogP contribution is -2.36. The van der Waals surface area contributed by atoms with Crippen molar-refractivity contribution in [3.8, 4) is 0 Å². The van der Waals surface area contributed by atoms with Gasteiger partial charge in [-0.1, -0.05) is 29.8 Å². The first-order chi connectivity index (χ1) is 15.0. The first-order valence-electron chi connectivity index (χ1n) is 10.2. The molecule has 6 nitrogen and oxygen atoms in total. The monoisotopic (exact) mass is 455 g/mol. The highest BCUT2D eigenvalue weighted by molar-refractivity contribution is 8.18. The number of amides is 3. The summed E-state index contributed by atoms with van der Waals surface area (Å²) < 4.78 is 0. The summed E-state index contributed by atoms with van der Waals surface area (Å²) in [5.74, 6) is -0.923. The number of thioether (sulfide) groups is 1. The van der Waals surface area contributed by atoms with E-state index in [0.29, 0.717) is 15.6 Å². The highest BCUT2D eigenvalue weighted by Crippen LogP contribution is 2.32. The largest absolute Gasteiger partial charge is 0.372 e. The Bertz CT molecular complexity index is 1030. The van der Waals surface area contributed by atoms with E-state index in [4.69, 9.17) is 11.6 Å². The molecule has 0 radical (unpaired) electrons. The van der Waals surface area contributed by atoms with Crippen molar-refractivity contribution < 1.29 is 14.4 Å². The molecular formula is C23H22ClN3O3S. The van der Waals surface area contributed by atoms with Gasteiger partial charge in [0, 0.05) is 29.5 Å². The van der Waals surface area contributed by atoms with Crippen molar-refractivity contribution >= 4 is 57.9 Å². The molecule has 0 saturated carbocycles. The van der Waals surface area contributed by atoms with Crippen LogP contribution in [0.1, 0.15) is 24.8 Å². The Balaban J connectivity index is 1.40. The van der Waals surface area contributed by atoms with Crippen molar-refractivity contribution in [3.63, 3.8) is 0 Å². The Morgan fingerprint density at radius 3 is 2.52 bits per heavy atom. The molecule has 3 amide bonds. The van der Waals surface area contributed by atoms with Crippen LogP contribution in [0.25, 0.3) is 6.08 Å². The summed E-state index contributed by atoms with van der Waals surface area (Å²) >= 11 is 6.76. The number of halogens is 1. The molecule has 1 N–H and O–H groups in total. The van der Waals surface area contributed by atoms with E-state index in [9.17, 15) is 14.4 Å². The van der Waals surface area contributed by atoms with Crippen molar-refractivity contribution in [3.05, 3.63) is 64.0 Å². The Morgan fingerprint density at radius 1 is 1.06 bits per heavy atom. The summed E-state index contributed by atoms with van der Waals surface area (Å²) in [4.78, 5) is 40.9. The second kappa shape index (κ2) is 9.58. The van der Waals surface area contributed by atoms with Gasteiger partial charge in [-0.05, 0) is 73.0 Å². The summed E-state index contributed by atoms with van der Waals surface area (Å²) in [5.41, 5.74) is 2.52. The van der Waals surface area contributed by atoms with Gasteiger partial charge in [0.1, 0.15) is 6.54 Å². The lowest BCUT2D eigenvalue weighted by atomic mass is 10.1. The fourth-order valence-corrected chi connectivity index (χ4v) is 4.66. The summed E-state index contributed by atoms with van der Waals surface area (Å²) in [5, 5.41) is 2.68. The Kier molecular flexibility index (Phi) is 6.63. The number of carbonyl (C=O) groups is 3. The average Bonchev–Trinajstić information content (AvgIpc) is 3.02. The standard InChI is InChI=1S/C23H22ClN3O3S/c24-17-5-4-6-18(14-17)25-21(28)15-27-22(29)20(31-23(27)30)13-16-7-9-19(10-8-16)26-11-2-1-3-12-26/h4-10,13-14H,1-3,11-12,15H2,(H,25,28)/b20-13-. The minimum atomic E-state index is -0.462. The number of nitrogens with one attached hydrogen (secondary N) is 1. The van der Waals surface area contributed by atoms with Crippen molar-refractivity contribution in [1.82, 2.24) is 4.90 Å².